The summed E-state index contributed by atoms with van der Waals surface area (Å²) in [5.74, 6) is 0.680. The molecule has 0 unspecified atom stereocenters. The summed E-state index contributed by atoms with van der Waals surface area (Å²) in [5, 5.41) is 28.9. The van der Waals surface area contributed by atoms with Crippen LogP contribution < -0.4 is 10.6 Å². The van der Waals surface area contributed by atoms with Crippen LogP contribution in [0.15, 0.2) is 67.3 Å². The van der Waals surface area contributed by atoms with Gasteiger partial charge < -0.3 is 25.4 Å². The van der Waals surface area contributed by atoms with E-state index in [0.29, 0.717) is 41.8 Å². The summed E-state index contributed by atoms with van der Waals surface area (Å²) in [4.78, 5) is 37.1. The van der Waals surface area contributed by atoms with Crippen LogP contribution in [0, 0.1) is 29.1 Å². The van der Waals surface area contributed by atoms with Crippen LogP contribution in [0.2, 0.25) is 0 Å². The number of aliphatic hydroxyl groups is 2. The van der Waals surface area contributed by atoms with Crippen molar-refractivity contribution in [2.45, 2.75) is 84.3 Å². The van der Waals surface area contributed by atoms with E-state index >= 15 is 0 Å². The number of nitrogens with one attached hydrogen (secondary N) is 2. The van der Waals surface area contributed by atoms with Gasteiger partial charge in [-0.15, -0.1) is 0 Å². The first-order chi connectivity index (χ1) is 22.6. The lowest BCUT2D eigenvalue weighted by Crippen LogP contribution is -2.62. The zero-order valence-electron chi connectivity index (χ0n) is 27.9. The van der Waals surface area contributed by atoms with Crippen molar-refractivity contribution >= 4 is 11.8 Å². The number of nitrogens with zero attached hydrogens (tertiary/aromatic N) is 3. The van der Waals surface area contributed by atoms with Crippen LogP contribution in [0.5, 0.6) is 0 Å². The fourth-order valence-corrected chi connectivity index (χ4v) is 8.34. The second kappa shape index (κ2) is 13.9. The van der Waals surface area contributed by atoms with Gasteiger partial charge in [0, 0.05) is 43.0 Å². The zero-order chi connectivity index (χ0) is 33.3. The highest BCUT2D eigenvalue weighted by Gasteiger charge is 2.57. The Morgan fingerprint density at radius 2 is 1.89 bits per heavy atom. The van der Waals surface area contributed by atoms with E-state index in [0.717, 1.165) is 36.1 Å². The molecule has 252 valence electrons. The second-order valence-corrected chi connectivity index (χ2v) is 14.4. The summed E-state index contributed by atoms with van der Waals surface area (Å²) in [6.07, 6.45) is 6.84. The molecule has 7 rings (SSSR count). The van der Waals surface area contributed by atoms with Crippen LogP contribution in [0.3, 0.4) is 0 Å². The monoisotopic (exact) mass is 643 g/mol. The minimum Gasteiger partial charge on any atom is -0.394 e. The van der Waals surface area contributed by atoms with Gasteiger partial charge >= 0.3 is 0 Å². The van der Waals surface area contributed by atoms with E-state index in [-0.39, 0.29) is 24.5 Å². The molecule has 0 radical (unpaired) electrons. The first-order valence-electron chi connectivity index (χ1n) is 17.0. The Labute approximate surface area is 277 Å². The highest BCUT2D eigenvalue weighted by atomic mass is 16.7. The molecule has 4 N–H and O–H groups in total. The van der Waals surface area contributed by atoms with Crippen molar-refractivity contribution in [3.05, 3.63) is 78.4 Å². The maximum atomic E-state index is 14.0. The van der Waals surface area contributed by atoms with Gasteiger partial charge in [0.05, 0.1) is 25.6 Å². The predicted octanol–water partition coefficient (Wildman–Crippen LogP) is 4.03. The van der Waals surface area contributed by atoms with Crippen molar-refractivity contribution in [2.24, 2.45) is 29.1 Å². The molecule has 47 heavy (non-hydrogen) atoms. The lowest BCUT2D eigenvalue weighted by Gasteiger charge is -2.62. The average Bonchev–Trinajstić information content (AvgIpc) is 3.72. The number of hydroxylamine groups is 2. The molecule has 10 nitrogen and oxygen atoms in total. The van der Waals surface area contributed by atoms with Crippen LogP contribution in [-0.4, -0.2) is 74.1 Å². The van der Waals surface area contributed by atoms with E-state index in [1.807, 2.05) is 59.3 Å². The molecular formula is C37H49N5O5. The van der Waals surface area contributed by atoms with E-state index in [1.54, 1.807) is 24.5 Å². The van der Waals surface area contributed by atoms with Gasteiger partial charge in [-0.3, -0.25) is 14.4 Å². The van der Waals surface area contributed by atoms with Gasteiger partial charge in [-0.2, -0.15) is 5.06 Å². The van der Waals surface area contributed by atoms with Crippen molar-refractivity contribution in [2.75, 3.05) is 13.2 Å². The number of aryl methyl sites for hydroxylation is 1. The van der Waals surface area contributed by atoms with E-state index in [1.165, 1.54) is 6.42 Å². The maximum absolute atomic E-state index is 14.0. The molecule has 2 bridgehead atoms. The molecular weight excluding hydrogens is 594 g/mol. The Morgan fingerprint density at radius 3 is 2.57 bits per heavy atom. The number of aliphatic hydroxyl groups excluding tert-OH is 2. The van der Waals surface area contributed by atoms with E-state index in [4.69, 9.17) is 4.84 Å². The maximum Gasteiger partial charge on any atom is 0.251 e. The molecule has 10 heteroatoms. The summed E-state index contributed by atoms with van der Waals surface area (Å²) in [6, 6.07) is 14.8. The van der Waals surface area contributed by atoms with E-state index < -0.39 is 24.2 Å². The largest absolute Gasteiger partial charge is 0.394 e. The number of hydrogen-bond acceptors (Lipinski definition) is 7. The highest BCUT2D eigenvalue weighted by molar-refractivity contribution is 5.95. The average molecular weight is 644 g/mol. The Balaban J connectivity index is 1.14. The van der Waals surface area contributed by atoms with Crippen LogP contribution in [-0.2, 0) is 22.7 Å². The minimum absolute atomic E-state index is 0.0773. The molecule has 3 aromatic rings. The molecule has 0 spiro atoms. The Morgan fingerprint density at radius 1 is 1.13 bits per heavy atom. The Kier molecular flexibility index (Phi) is 9.85. The van der Waals surface area contributed by atoms with Crippen molar-refractivity contribution < 1.29 is 24.6 Å². The number of carbonyl (C=O) groups excluding carboxylic acids is 2. The number of imidazole rings is 1. The quantitative estimate of drug-likeness (QED) is 0.220. The fraction of sp³-hybridized carbons (Fsp3) is 0.541. The van der Waals surface area contributed by atoms with E-state index in [9.17, 15) is 19.8 Å². The molecule has 4 aliphatic rings. The fourth-order valence-electron chi connectivity index (χ4n) is 8.34. The number of amides is 2. The first kappa shape index (κ1) is 33.3. The smallest absolute Gasteiger partial charge is 0.251 e. The standard InChI is InChI=1S/C37H49N5O5/c1-23-30-18-29(37(30,3)4)19-31(23)40-36(46)34-33(24(2)44)32(21-43)47-42(34)20-25-8-5-9-26(16-25)27-10-6-11-28(17-27)35(45)39-12-7-14-41-15-13-38-22-41/h5-6,8-11,13,15-17,22-24,29-34,43-44H,7,12,14,18-21H2,1-4H3,(H,39,45)(H,40,46)/t23-,24-,29+,30-,31-,32-,33+,34-/m0/s1. The number of hydrogen-bond donors (Lipinski definition) is 4. The summed E-state index contributed by atoms with van der Waals surface area (Å²) < 4.78 is 1.98. The van der Waals surface area contributed by atoms with Gasteiger partial charge in [-0.25, -0.2) is 4.98 Å². The van der Waals surface area contributed by atoms with Crippen LogP contribution in [0.1, 0.15) is 62.9 Å². The Bertz CT molecular complexity index is 1540. The van der Waals surface area contributed by atoms with Crippen molar-refractivity contribution in [3.63, 3.8) is 0 Å². The third-order valence-corrected chi connectivity index (χ3v) is 11.2. The SMILES string of the molecule is C[C@@H]1[C@@H](NC(=O)[C@@H]2[C@H]([C@H](C)O)[C@H](CO)ON2Cc2cccc(-c3cccc(C(=O)NCCCn4ccnc4)c3)c2)C[C@H]2C[C@@H]1C2(C)C. The third kappa shape index (κ3) is 6.88. The van der Waals surface area contributed by atoms with Crippen LogP contribution in [0.25, 0.3) is 11.1 Å². The van der Waals surface area contributed by atoms with Gasteiger partial charge in [0.25, 0.3) is 5.91 Å². The van der Waals surface area contributed by atoms with Crippen molar-refractivity contribution in [1.82, 2.24) is 25.2 Å². The minimum atomic E-state index is -0.852. The molecule has 1 aromatic heterocycles. The molecule has 1 saturated heterocycles. The van der Waals surface area contributed by atoms with Gasteiger partial charge in [0.1, 0.15) is 12.1 Å². The first-order valence-corrected chi connectivity index (χ1v) is 17.0. The molecule has 4 fully saturated rings. The molecule has 2 heterocycles. The van der Waals surface area contributed by atoms with Crippen molar-refractivity contribution in [1.29, 1.82) is 0 Å². The van der Waals surface area contributed by atoms with Gasteiger partial charge in [0.15, 0.2) is 0 Å². The molecule has 3 aliphatic carbocycles. The zero-order valence-corrected chi connectivity index (χ0v) is 27.9. The lowest BCUT2D eigenvalue weighted by atomic mass is 9.45. The summed E-state index contributed by atoms with van der Waals surface area (Å²) in [7, 11) is 0. The summed E-state index contributed by atoms with van der Waals surface area (Å²) in [5.41, 5.74) is 3.63. The molecule has 2 amide bonds. The molecule has 1 aliphatic heterocycles. The topological polar surface area (TPSA) is 129 Å². The number of aromatic nitrogens is 2. The number of carbonyl (C=O) groups is 2. The predicted molar refractivity (Wildman–Crippen MR) is 179 cm³/mol. The molecule has 2 aromatic carbocycles. The number of fused-ring (bicyclic) bond motifs is 2. The number of rotatable bonds is 12. The summed E-state index contributed by atoms with van der Waals surface area (Å²) >= 11 is 0. The van der Waals surface area contributed by atoms with Crippen molar-refractivity contribution in [3.8, 4) is 11.1 Å². The Hall–Kier alpha value is -3.57. The summed E-state index contributed by atoms with van der Waals surface area (Å²) in [6.45, 7) is 9.92. The molecule has 3 saturated carbocycles. The highest BCUT2D eigenvalue weighted by Crippen LogP contribution is 2.61. The lowest BCUT2D eigenvalue weighted by molar-refractivity contribution is -0.183. The van der Waals surface area contributed by atoms with Gasteiger partial charge in [0.2, 0.25) is 5.91 Å². The van der Waals surface area contributed by atoms with Gasteiger partial charge in [-0.1, -0.05) is 51.1 Å². The van der Waals surface area contributed by atoms with E-state index in [2.05, 4.69) is 36.4 Å². The third-order valence-electron chi connectivity index (χ3n) is 11.2. The van der Waals surface area contributed by atoms with Gasteiger partial charge in [-0.05, 0) is 84.2 Å². The second-order valence-electron chi connectivity index (χ2n) is 14.4. The number of benzene rings is 2. The molecule has 8 atom stereocenters. The van der Waals surface area contributed by atoms with Crippen LogP contribution >= 0.6 is 0 Å². The normalized spacial score (nSPS) is 28.8. The van der Waals surface area contributed by atoms with Crippen LogP contribution in [0.4, 0.5) is 0 Å².